The number of aryl methyl sites for hydroxylation is 3. The van der Waals surface area contributed by atoms with E-state index in [4.69, 9.17) is 4.98 Å². The molecule has 0 saturated heterocycles. The lowest BCUT2D eigenvalue weighted by atomic mass is 10.0. The van der Waals surface area contributed by atoms with Crippen molar-refractivity contribution in [3.05, 3.63) is 88.6 Å². The van der Waals surface area contributed by atoms with Gasteiger partial charge in [-0.2, -0.15) is 0 Å². The number of nitrogens with one attached hydrogen (secondary N) is 1. The van der Waals surface area contributed by atoms with Crippen LogP contribution in [0.4, 0.5) is 5.69 Å². The van der Waals surface area contributed by atoms with Crippen molar-refractivity contribution in [3.8, 4) is 0 Å². The Bertz CT molecular complexity index is 1190. The third-order valence-electron chi connectivity index (χ3n) is 5.30. The van der Waals surface area contributed by atoms with Crippen molar-refractivity contribution in [1.29, 1.82) is 0 Å². The van der Waals surface area contributed by atoms with E-state index >= 15 is 0 Å². The Balaban J connectivity index is 1.29. The molecule has 4 aromatic rings. The molecule has 0 aliphatic carbocycles. The summed E-state index contributed by atoms with van der Waals surface area (Å²) in [6.45, 7) is 2.09. The van der Waals surface area contributed by atoms with Gasteiger partial charge in [-0.1, -0.05) is 18.2 Å². The van der Waals surface area contributed by atoms with E-state index in [2.05, 4.69) is 64.3 Å². The summed E-state index contributed by atoms with van der Waals surface area (Å²) in [5.41, 5.74) is 8.43. The van der Waals surface area contributed by atoms with Gasteiger partial charge in [-0.25, -0.2) is 9.97 Å². The molecule has 4 nitrogen and oxygen atoms in total. The fraction of sp³-hybridized carbons (Fsp3) is 0.208. The number of aromatic nitrogens is 3. The summed E-state index contributed by atoms with van der Waals surface area (Å²) in [5.74, 6) is 0.903. The Morgan fingerprint density at radius 3 is 2.86 bits per heavy atom. The summed E-state index contributed by atoms with van der Waals surface area (Å²) < 4.78 is 0. The highest BCUT2D eigenvalue weighted by Gasteiger charge is 2.08. The summed E-state index contributed by atoms with van der Waals surface area (Å²) in [6.07, 6.45) is 7.40. The van der Waals surface area contributed by atoms with E-state index in [1.807, 2.05) is 18.5 Å². The van der Waals surface area contributed by atoms with Crippen molar-refractivity contribution < 1.29 is 0 Å². The smallest absolute Gasteiger partial charge is 0.128 e. The second-order valence-corrected chi connectivity index (χ2v) is 7.49. The predicted octanol–water partition coefficient (Wildman–Crippen LogP) is 4.90. The maximum absolute atomic E-state index is 4.79. The molecule has 138 valence electrons. The van der Waals surface area contributed by atoms with E-state index in [9.17, 15) is 0 Å². The second-order valence-electron chi connectivity index (χ2n) is 7.49. The second kappa shape index (κ2) is 7.04. The molecule has 0 bridgehead atoms. The Morgan fingerprint density at radius 2 is 1.89 bits per heavy atom. The molecular weight excluding hydrogens is 344 g/mol. The number of benzene rings is 2. The minimum absolute atomic E-state index is 0.823. The molecule has 0 amide bonds. The van der Waals surface area contributed by atoms with Gasteiger partial charge in [0.1, 0.15) is 5.82 Å². The molecule has 2 aromatic heterocycles. The molecule has 0 unspecified atom stereocenters. The number of rotatable bonds is 5. The average Bonchev–Trinajstić information content (AvgIpc) is 3.31. The van der Waals surface area contributed by atoms with Crippen LogP contribution >= 0.6 is 0 Å². The maximum atomic E-state index is 4.79. The van der Waals surface area contributed by atoms with Crippen LogP contribution in [0.3, 0.4) is 0 Å². The summed E-state index contributed by atoms with van der Waals surface area (Å²) in [6, 6.07) is 17.3. The molecule has 28 heavy (non-hydrogen) atoms. The largest absolute Gasteiger partial charge is 0.359 e. The van der Waals surface area contributed by atoms with Crippen LogP contribution in [-0.2, 0) is 25.7 Å². The number of aromatic amines is 1. The molecule has 0 spiro atoms. The Labute approximate surface area is 164 Å². The zero-order chi connectivity index (χ0) is 18.9. The first-order valence-corrected chi connectivity index (χ1v) is 9.76. The summed E-state index contributed by atoms with van der Waals surface area (Å²) >= 11 is 0. The molecule has 1 N–H and O–H groups in total. The lowest BCUT2D eigenvalue weighted by Crippen LogP contribution is -2.02. The summed E-state index contributed by atoms with van der Waals surface area (Å²) in [7, 11) is 0. The quantitative estimate of drug-likeness (QED) is 0.546. The van der Waals surface area contributed by atoms with Crippen molar-refractivity contribution in [1.82, 2.24) is 15.0 Å². The standard InChI is InChI=1S/C24H22N4/c1-16-12-20-13-18(3-6-22(20)27-16)14-21-9-11-26-24(28-21)7-4-17-2-5-19-8-10-25-23(19)15-17/h2-3,5-6,9-13,15,27H,4,7-8,14H2,1H3. The number of aliphatic imine (C=N–C) groups is 1. The Hall–Kier alpha value is -3.27. The number of fused-ring (bicyclic) bond motifs is 2. The molecule has 1 aliphatic rings. The van der Waals surface area contributed by atoms with E-state index in [1.54, 1.807) is 0 Å². The van der Waals surface area contributed by atoms with Crippen LogP contribution in [0.15, 0.2) is 59.7 Å². The van der Waals surface area contributed by atoms with Crippen LogP contribution < -0.4 is 0 Å². The highest BCUT2D eigenvalue weighted by molar-refractivity contribution is 5.81. The van der Waals surface area contributed by atoms with Crippen LogP contribution in [-0.4, -0.2) is 21.2 Å². The maximum Gasteiger partial charge on any atom is 0.128 e. The molecule has 2 aromatic carbocycles. The number of hydrogen-bond acceptors (Lipinski definition) is 3. The fourth-order valence-electron chi connectivity index (χ4n) is 3.86. The van der Waals surface area contributed by atoms with Gasteiger partial charge in [-0.3, -0.25) is 4.99 Å². The van der Waals surface area contributed by atoms with Crippen LogP contribution in [0, 0.1) is 6.92 Å². The first-order valence-electron chi connectivity index (χ1n) is 9.76. The number of nitrogens with zero attached hydrogens (tertiary/aromatic N) is 3. The molecule has 0 atom stereocenters. The summed E-state index contributed by atoms with van der Waals surface area (Å²) in [4.78, 5) is 17.1. The predicted molar refractivity (Wildman–Crippen MR) is 114 cm³/mol. The highest BCUT2D eigenvalue weighted by Crippen LogP contribution is 2.25. The van der Waals surface area contributed by atoms with Gasteiger partial charge in [0, 0.05) is 48.6 Å². The normalized spacial score (nSPS) is 12.6. The Morgan fingerprint density at radius 1 is 0.964 bits per heavy atom. The van der Waals surface area contributed by atoms with Gasteiger partial charge in [-0.15, -0.1) is 0 Å². The molecule has 0 fully saturated rings. The van der Waals surface area contributed by atoms with Gasteiger partial charge in [0.15, 0.2) is 0 Å². The van der Waals surface area contributed by atoms with Crippen molar-refractivity contribution >= 4 is 22.8 Å². The first-order chi connectivity index (χ1) is 13.7. The molecule has 4 heteroatoms. The minimum atomic E-state index is 0.823. The molecule has 0 radical (unpaired) electrons. The number of hydrogen-bond donors (Lipinski definition) is 1. The molecular formula is C24H22N4. The van der Waals surface area contributed by atoms with Crippen LogP contribution in [0.25, 0.3) is 10.9 Å². The van der Waals surface area contributed by atoms with E-state index in [-0.39, 0.29) is 0 Å². The van der Waals surface area contributed by atoms with E-state index in [0.29, 0.717) is 0 Å². The van der Waals surface area contributed by atoms with Gasteiger partial charge >= 0.3 is 0 Å². The Kier molecular flexibility index (Phi) is 4.24. The van der Waals surface area contributed by atoms with Gasteiger partial charge in [-0.05, 0) is 65.8 Å². The van der Waals surface area contributed by atoms with E-state index in [0.717, 1.165) is 42.9 Å². The van der Waals surface area contributed by atoms with Crippen molar-refractivity contribution in [2.45, 2.75) is 32.6 Å². The first kappa shape index (κ1) is 16.9. The molecule has 1 aliphatic heterocycles. The number of H-pyrrole nitrogens is 1. The topological polar surface area (TPSA) is 53.9 Å². The lowest BCUT2D eigenvalue weighted by Gasteiger charge is -2.06. The fourth-order valence-corrected chi connectivity index (χ4v) is 3.86. The van der Waals surface area contributed by atoms with Crippen molar-refractivity contribution in [3.63, 3.8) is 0 Å². The highest BCUT2D eigenvalue weighted by atomic mass is 14.9. The molecule has 0 saturated carbocycles. The monoisotopic (exact) mass is 366 g/mol. The van der Waals surface area contributed by atoms with E-state index in [1.165, 1.54) is 33.3 Å². The minimum Gasteiger partial charge on any atom is -0.359 e. The van der Waals surface area contributed by atoms with Crippen molar-refractivity contribution in [2.75, 3.05) is 0 Å². The van der Waals surface area contributed by atoms with E-state index < -0.39 is 0 Å². The third-order valence-corrected chi connectivity index (χ3v) is 5.30. The van der Waals surface area contributed by atoms with Gasteiger partial charge in [0.05, 0.1) is 5.69 Å². The lowest BCUT2D eigenvalue weighted by molar-refractivity contribution is 0.836. The van der Waals surface area contributed by atoms with Gasteiger partial charge in [0.2, 0.25) is 0 Å². The molecule has 3 heterocycles. The van der Waals surface area contributed by atoms with Gasteiger partial charge in [0.25, 0.3) is 0 Å². The van der Waals surface area contributed by atoms with Gasteiger partial charge < -0.3 is 4.98 Å². The van der Waals surface area contributed by atoms with Crippen LogP contribution in [0.1, 0.15) is 33.9 Å². The summed E-state index contributed by atoms with van der Waals surface area (Å²) in [5, 5.41) is 1.25. The zero-order valence-electron chi connectivity index (χ0n) is 15.9. The SMILES string of the molecule is Cc1cc2cc(Cc3ccnc(CCc4ccc5c(c4)N=CC5)n3)ccc2[nH]1. The average molecular weight is 366 g/mol. The van der Waals surface area contributed by atoms with Crippen LogP contribution in [0.5, 0.6) is 0 Å². The zero-order valence-corrected chi connectivity index (χ0v) is 15.9. The third kappa shape index (κ3) is 3.46. The van der Waals surface area contributed by atoms with Crippen molar-refractivity contribution in [2.24, 2.45) is 4.99 Å². The van der Waals surface area contributed by atoms with Crippen LogP contribution in [0.2, 0.25) is 0 Å². The molecule has 5 rings (SSSR count).